The first-order valence-electron chi connectivity index (χ1n) is 4.82. The topological polar surface area (TPSA) is 54.9 Å². The van der Waals surface area contributed by atoms with Gasteiger partial charge in [0.1, 0.15) is 0 Å². The maximum absolute atomic E-state index is 10.9. The van der Waals surface area contributed by atoms with Gasteiger partial charge in [0.15, 0.2) is 5.13 Å². The van der Waals surface area contributed by atoms with Crippen molar-refractivity contribution in [3.8, 4) is 10.4 Å². The van der Waals surface area contributed by atoms with Gasteiger partial charge in [-0.25, -0.2) is 4.98 Å². The average Bonchev–Trinajstić information content (AvgIpc) is 2.60. The van der Waals surface area contributed by atoms with Crippen LogP contribution in [0.5, 0.6) is 0 Å². The van der Waals surface area contributed by atoms with Gasteiger partial charge in [0.05, 0.1) is 10.6 Å². The Morgan fingerprint density at radius 2 is 2.31 bits per heavy atom. The largest absolute Gasteiger partial charge is 0.302 e. The fourth-order valence-electron chi connectivity index (χ4n) is 1.37. The molecule has 0 radical (unpaired) electrons. The first-order chi connectivity index (χ1) is 7.66. The van der Waals surface area contributed by atoms with Gasteiger partial charge in [0.2, 0.25) is 5.91 Å². The van der Waals surface area contributed by atoms with Crippen LogP contribution in [-0.2, 0) is 4.79 Å². The second-order valence-electron chi connectivity index (χ2n) is 3.36. The van der Waals surface area contributed by atoms with E-state index in [2.05, 4.69) is 15.3 Å². The highest BCUT2D eigenvalue weighted by molar-refractivity contribution is 7.19. The zero-order chi connectivity index (χ0) is 11.5. The number of pyridine rings is 1. The molecule has 0 unspecified atom stereocenters. The van der Waals surface area contributed by atoms with Gasteiger partial charge in [0.25, 0.3) is 0 Å². The lowest BCUT2D eigenvalue weighted by molar-refractivity contribution is -0.114. The van der Waals surface area contributed by atoms with Gasteiger partial charge < -0.3 is 5.32 Å². The van der Waals surface area contributed by atoms with E-state index >= 15 is 0 Å². The SMILES string of the molecule is CC(=O)Nc1nc(C)c(-c2cccnc2)s1. The molecule has 0 aromatic carbocycles. The molecule has 16 heavy (non-hydrogen) atoms. The lowest BCUT2D eigenvalue weighted by atomic mass is 10.2. The van der Waals surface area contributed by atoms with Crippen molar-refractivity contribution in [3.63, 3.8) is 0 Å². The number of aromatic nitrogens is 2. The summed E-state index contributed by atoms with van der Waals surface area (Å²) < 4.78 is 0. The van der Waals surface area contributed by atoms with E-state index in [1.165, 1.54) is 18.3 Å². The minimum atomic E-state index is -0.105. The fraction of sp³-hybridized carbons (Fsp3) is 0.182. The summed E-state index contributed by atoms with van der Waals surface area (Å²) in [7, 11) is 0. The normalized spacial score (nSPS) is 10.1. The predicted molar refractivity (Wildman–Crippen MR) is 64.4 cm³/mol. The van der Waals surface area contributed by atoms with E-state index < -0.39 is 0 Å². The summed E-state index contributed by atoms with van der Waals surface area (Å²) in [5.74, 6) is -0.105. The van der Waals surface area contributed by atoms with Crippen LogP contribution in [0.25, 0.3) is 10.4 Å². The molecule has 0 bridgehead atoms. The van der Waals surface area contributed by atoms with E-state index in [9.17, 15) is 4.79 Å². The Bertz CT molecular complexity index is 507. The van der Waals surface area contributed by atoms with Crippen LogP contribution >= 0.6 is 11.3 Å². The zero-order valence-corrected chi connectivity index (χ0v) is 9.84. The van der Waals surface area contributed by atoms with Crippen molar-refractivity contribution in [2.75, 3.05) is 5.32 Å². The number of carbonyl (C=O) groups is 1. The molecular weight excluding hydrogens is 222 g/mol. The van der Waals surface area contributed by atoms with Crippen LogP contribution in [-0.4, -0.2) is 15.9 Å². The van der Waals surface area contributed by atoms with E-state index in [4.69, 9.17) is 0 Å². The molecule has 2 heterocycles. The van der Waals surface area contributed by atoms with Crippen molar-refractivity contribution >= 4 is 22.4 Å². The second kappa shape index (κ2) is 4.40. The summed E-state index contributed by atoms with van der Waals surface area (Å²) in [6.07, 6.45) is 3.52. The molecule has 1 N–H and O–H groups in total. The smallest absolute Gasteiger partial charge is 0.223 e. The third-order valence-corrected chi connectivity index (χ3v) is 3.13. The van der Waals surface area contributed by atoms with Gasteiger partial charge >= 0.3 is 0 Å². The molecule has 0 aliphatic carbocycles. The summed E-state index contributed by atoms with van der Waals surface area (Å²) in [6, 6.07) is 3.86. The number of nitrogens with one attached hydrogen (secondary N) is 1. The minimum Gasteiger partial charge on any atom is -0.302 e. The molecule has 2 aromatic heterocycles. The van der Waals surface area contributed by atoms with Crippen molar-refractivity contribution in [1.82, 2.24) is 9.97 Å². The lowest BCUT2D eigenvalue weighted by Crippen LogP contribution is -2.04. The second-order valence-corrected chi connectivity index (χ2v) is 4.36. The third-order valence-electron chi connectivity index (χ3n) is 2.00. The van der Waals surface area contributed by atoms with E-state index in [0.29, 0.717) is 5.13 Å². The van der Waals surface area contributed by atoms with Crippen molar-refractivity contribution in [2.24, 2.45) is 0 Å². The number of hydrogen-bond acceptors (Lipinski definition) is 4. The van der Waals surface area contributed by atoms with Gasteiger partial charge in [0, 0.05) is 24.9 Å². The molecule has 0 atom stereocenters. The Kier molecular flexibility index (Phi) is 2.96. The Labute approximate surface area is 97.4 Å². The minimum absolute atomic E-state index is 0.105. The van der Waals surface area contributed by atoms with E-state index in [0.717, 1.165) is 16.1 Å². The van der Waals surface area contributed by atoms with E-state index in [1.807, 2.05) is 19.1 Å². The number of nitrogens with zero attached hydrogens (tertiary/aromatic N) is 2. The molecule has 5 heteroatoms. The first kappa shape index (κ1) is 10.8. The van der Waals surface area contributed by atoms with Gasteiger partial charge in [-0.2, -0.15) is 0 Å². The Balaban J connectivity index is 2.36. The number of aryl methyl sites for hydroxylation is 1. The molecule has 2 aromatic rings. The first-order valence-corrected chi connectivity index (χ1v) is 5.64. The van der Waals surface area contributed by atoms with Crippen LogP contribution in [0.15, 0.2) is 24.5 Å². The molecule has 1 amide bonds. The molecular formula is C11H11N3OS. The number of rotatable bonds is 2. The molecule has 0 saturated heterocycles. The zero-order valence-electron chi connectivity index (χ0n) is 9.02. The fourth-order valence-corrected chi connectivity index (χ4v) is 2.37. The quantitative estimate of drug-likeness (QED) is 0.867. The number of thiazole rings is 1. The van der Waals surface area contributed by atoms with Crippen LogP contribution in [0.2, 0.25) is 0 Å². The van der Waals surface area contributed by atoms with Crippen LogP contribution in [0.4, 0.5) is 5.13 Å². The highest BCUT2D eigenvalue weighted by Crippen LogP contribution is 2.31. The summed E-state index contributed by atoms with van der Waals surface area (Å²) in [4.78, 5) is 20.3. The summed E-state index contributed by atoms with van der Waals surface area (Å²) in [5.41, 5.74) is 1.93. The monoisotopic (exact) mass is 233 g/mol. The Morgan fingerprint density at radius 1 is 1.50 bits per heavy atom. The summed E-state index contributed by atoms with van der Waals surface area (Å²) in [5, 5.41) is 3.31. The van der Waals surface area contributed by atoms with E-state index in [-0.39, 0.29) is 5.91 Å². The van der Waals surface area contributed by atoms with Crippen LogP contribution in [0.3, 0.4) is 0 Å². The molecule has 0 fully saturated rings. The third kappa shape index (κ3) is 2.25. The number of hydrogen-bond donors (Lipinski definition) is 1. The summed E-state index contributed by atoms with van der Waals surface area (Å²) >= 11 is 1.46. The molecule has 82 valence electrons. The number of amides is 1. The summed E-state index contributed by atoms with van der Waals surface area (Å²) in [6.45, 7) is 3.39. The average molecular weight is 233 g/mol. The van der Waals surface area contributed by atoms with Crippen LogP contribution in [0.1, 0.15) is 12.6 Å². The van der Waals surface area contributed by atoms with Gasteiger partial charge in [-0.1, -0.05) is 17.4 Å². The van der Waals surface area contributed by atoms with Crippen molar-refractivity contribution in [1.29, 1.82) is 0 Å². The highest BCUT2D eigenvalue weighted by atomic mass is 32.1. The molecule has 0 spiro atoms. The van der Waals surface area contributed by atoms with Gasteiger partial charge in [-0.05, 0) is 13.0 Å². The van der Waals surface area contributed by atoms with Gasteiger partial charge in [-0.3, -0.25) is 9.78 Å². The highest BCUT2D eigenvalue weighted by Gasteiger charge is 2.10. The number of anilines is 1. The Hall–Kier alpha value is -1.75. The van der Waals surface area contributed by atoms with Crippen molar-refractivity contribution in [2.45, 2.75) is 13.8 Å². The standard InChI is InChI=1S/C11H11N3OS/c1-7-10(9-4-3-5-12-6-9)16-11(13-7)14-8(2)15/h3-6H,1-2H3,(H,13,14,15). The van der Waals surface area contributed by atoms with Crippen molar-refractivity contribution in [3.05, 3.63) is 30.2 Å². The van der Waals surface area contributed by atoms with Crippen molar-refractivity contribution < 1.29 is 4.79 Å². The Morgan fingerprint density at radius 3 is 2.94 bits per heavy atom. The maximum atomic E-state index is 10.9. The molecule has 0 aliphatic rings. The predicted octanol–water partition coefficient (Wildman–Crippen LogP) is 2.47. The molecule has 4 nitrogen and oxygen atoms in total. The molecule has 0 aliphatic heterocycles. The molecule has 0 saturated carbocycles. The lowest BCUT2D eigenvalue weighted by Gasteiger charge is -1.95. The van der Waals surface area contributed by atoms with E-state index in [1.54, 1.807) is 12.4 Å². The van der Waals surface area contributed by atoms with Gasteiger partial charge in [-0.15, -0.1) is 0 Å². The maximum Gasteiger partial charge on any atom is 0.223 e. The van der Waals surface area contributed by atoms with Crippen LogP contribution in [0, 0.1) is 6.92 Å². The number of carbonyl (C=O) groups excluding carboxylic acids is 1. The molecule has 2 rings (SSSR count). The van der Waals surface area contributed by atoms with Crippen LogP contribution < -0.4 is 5.32 Å².